The Morgan fingerprint density at radius 3 is 2.93 bits per heavy atom. The minimum absolute atomic E-state index is 0.0124. The number of amides is 1. The van der Waals surface area contributed by atoms with Crippen LogP contribution in [0, 0.1) is 5.92 Å². The summed E-state index contributed by atoms with van der Waals surface area (Å²) < 4.78 is 0.987. The molecule has 1 aromatic heterocycles. The molecule has 0 radical (unpaired) electrons. The van der Waals surface area contributed by atoms with Crippen molar-refractivity contribution in [3.63, 3.8) is 0 Å². The Balaban J connectivity index is 2.36. The first-order valence-corrected chi connectivity index (χ1v) is 7.51. The number of alkyl halides is 1. The van der Waals surface area contributed by atoms with Gasteiger partial charge in [0.25, 0.3) is 5.91 Å². The summed E-state index contributed by atoms with van der Waals surface area (Å²) in [5, 5.41) is 5.76. The first kappa shape index (κ1) is 13.2. The van der Waals surface area contributed by atoms with Crippen molar-refractivity contribution in [3.8, 4) is 0 Å². The number of carbonyl (C=O) groups excluding carboxylic acids is 1. The zero-order valence-electron chi connectivity index (χ0n) is 8.43. The highest BCUT2D eigenvalue weighted by molar-refractivity contribution is 9.11. The monoisotopic (exact) mass is 353 g/mol. The van der Waals surface area contributed by atoms with Crippen molar-refractivity contribution < 1.29 is 4.79 Å². The number of hydrogen-bond acceptors (Lipinski definition) is 2. The number of carbonyl (C=O) groups is 1. The van der Waals surface area contributed by atoms with Gasteiger partial charge in [-0.05, 0) is 34.3 Å². The Morgan fingerprint density at radius 1 is 1.67 bits per heavy atom. The molecule has 1 atom stereocenters. The van der Waals surface area contributed by atoms with Gasteiger partial charge in [-0.15, -0.1) is 11.3 Å². The topological polar surface area (TPSA) is 29.1 Å². The van der Waals surface area contributed by atoms with Crippen LogP contribution in [0.15, 0.2) is 15.2 Å². The predicted molar refractivity (Wildman–Crippen MR) is 71.9 cm³/mol. The minimum atomic E-state index is 0.0124. The average molecular weight is 355 g/mol. The molecule has 1 aromatic rings. The van der Waals surface area contributed by atoms with E-state index in [9.17, 15) is 4.79 Å². The summed E-state index contributed by atoms with van der Waals surface area (Å²) in [4.78, 5) is 11.6. The Kier molecular flexibility index (Phi) is 5.86. The molecule has 0 aliphatic carbocycles. The molecule has 2 nitrogen and oxygen atoms in total. The molecule has 84 valence electrons. The molecule has 0 aliphatic rings. The maximum absolute atomic E-state index is 11.6. The molecule has 5 heteroatoms. The van der Waals surface area contributed by atoms with Crippen LogP contribution in [-0.4, -0.2) is 17.8 Å². The van der Waals surface area contributed by atoms with E-state index in [0.29, 0.717) is 5.92 Å². The minimum Gasteiger partial charge on any atom is -0.352 e. The molecule has 1 unspecified atom stereocenters. The van der Waals surface area contributed by atoms with Gasteiger partial charge in [-0.3, -0.25) is 4.79 Å². The highest BCUT2D eigenvalue weighted by Crippen LogP contribution is 2.20. The van der Waals surface area contributed by atoms with E-state index in [2.05, 4.69) is 44.1 Å². The van der Waals surface area contributed by atoms with Crippen LogP contribution in [0.25, 0.3) is 0 Å². The smallest absolute Gasteiger partial charge is 0.252 e. The lowest BCUT2D eigenvalue weighted by atomic mass is 10.1. The normalized spacial score (nSPS) is 12.5. The lowest BCUT2D eigenvalue weighted by Crippen LogP contribution is -2.28. The Morgan fingerprint density at radius 2 is 2.40 bits per heavy atom. The van der Waals surface area contributed by atoms with Gasteiger partial charge >= 0.3 is 0 Å². The number of thiophene rings is 1. The van der Waals surface area contributed by atoms with Gasteiger partial charge in [0.1, 0.15) is 0 Å². The molecular weight excluding hydrogens is 342 g/mol. The van der Waals surface area contributed by atoms with Crippen molar-refractivity contribution in [2.45, 2.75) is 13.3 Å². The molecule has 0 aromatic carbocycles. The number of hydrogen-bond donors (Lipinski definition) is 1. The first-order valence-electron chi connectivity index (χ1n) is 4.71. The summed E-state index contributed by atoms with van der Waals surface area (Å²) in [5.41, 5.74) is 0.734. The van der Waals surface area contributed by atoms with Gasteiger partial charge in [0, 0.05) is 17.3 Å². The van der Waals surface area contributed by atoms with E-state index in [0.717, 1.165) is 27.6 Å². The quantitative estimate of drug-likeness (QED) is 0.803. The molecule has 0 bridgehead atoms. The summed E-state index contributed by atoms with van der Waals surface area (Å²) in [6, 6.07) is 1.84. The standard InChI is InChI=1S/C10H13Br2NOS/c1-7(2-3-11)5-13-10(14)8-4-9(12)15-6-8/h4,6-7H,2-3,5H2,1H3,(H,13,14). The molecule has 1 amide bonds. The molecule has 0 saturated heterocycles. The van der Waals surface area contributed by atoms with Crippen molar-refractivity contribution in [2.24, 2.45) is 5.92 Å². The highest BCUT2D eigenvalue weighted by atomic mass is 79.9. The fraction of sp³-hybridized carbons (Fsp3) is 0.500. The van der Waals surface area contributed by atoms with Gasteiger partial charge in [0.15, 0.2) is 0 Å². The molecule has 1 heterocycles. The van der Waals surface area contributed by atoms with E-state index in [1.807, 2.05) is 11.4 Å². The van der Waals surface area contributed by atoms with Crippen LogP contribution in [-0.2, 0) is 0 Å². The fourth-order valence-electron chi connectivity index (χ4n) is 1.09. The van der Waals surface area contributed by atoms with E-state index in [1.54, 1.807) is 0 Å². The largest absolute Gasteiger partial charge is 0.352 e. The Bertz CT molecular complexity index is 327. The zero-order valence-corrected chi connectivity index (χ0v) is 12.4. The highest BCUT2D eigenvalue weighted by Gasteiger charge is 2.08. The second kappa shape index (κ2) is 6.66. The zero-order chi connectivity index (χ0) is 11.3. The Labute approximate surface area is 111 Å². The fourth-order valence-corrected chi connectivity index (χ4v) is 3.00. The Hall–Kier alpha value is 0.130. The molecule has 0 saturated carbocycles. The third-order valence-electron chi connectivity index (χ3n) is 2.04. The van der Waals surface area contributed by atoms with E-state index < -0.39 is 0 Å². The van der Waals surface area contributed by atoms with E-state index in [-0.39, 0.29) is 5.91 Å². The lowest BCUT2D eigenvalue weighted by Gasteiger charge is -2.10. The molecule has 0 aliphatic heterocycles. The van der Waals surface area contributed by atoms with Crippen molar-refractivity contribution in [2.75, 3.05) is 11.9 Å². The van der Waals surface area contributed by atoms with Gasteiger partial charge in [-0.2, -0.15) is 0 Å². The summed E-state index contributed by atoms with van der Waals surface area (Å²) in [5.74, 6) is 0.522. The van der Waals surface area contributed by atoms with Crippen LogP contribution in [0.5, 0.6) is 0 Å². The van der Waals surface area contributed by atoms with Crippen LogP contribution in [0.1, 0.15) is 23.7 Å². The summed E-state index contributed by atoms with van der Waals surface area (Å²) in [6.45, 7) is 2.86. The summed E-state index contributed by atoms with van der Waals surface area (Å²) in [6.07, 6.45) is 1.08. The molecule has 1 N–H and O–H groups in total. The van der Waals surface area contributed by atoms with Gasteiger partial charge in [0.2, 0.25) is 0 Å². The second-order valence-corrected chi connectivity index (χ2v) is 6.52. The summed E-state index contributed by atoms with van der Waals surface area (Å²) in [7, 11) is 0. The van der Waals surface area contributed by atoms with Crippen molar-refractivity contribution in [1.29, 1.82) is 0 Å². The maximum atomic E-state index is 11.6. The van der Waals surface area contributed by atoms with Crippen molar-refractivity contribution in [3.05, 3.63) is 20.8 Å². The van der Waals surface area contributed by atoms with Crippen LogP contribution in [0.4, 0.5) is 0 Å². The van der Waals surface area contributed by atoms with Crippen molar-refractivity contribution in [1.82, 2.24) is 5.32 Å². The van der Waals surface area contributed by atoms with Crippen LogP contribution in [0.3, 0.4) is 0 Å². The number of halogens is 2. The molecule has 0 fully saturated rings. The molecular formula is C10H13Br2NOS. The predicted octanol–water partition coefficient (Wildman–Crippen LogP) is 3.66. The molecule has 15 heavy (non-hydrogen) atoms. The molecule has 0 spiro atoms. The van der Waals surface area contributed by atoms with E-state index >= 15 is 0 Å². The van der Waals surface area contributed by atoms with Gasteiger partial charge in [-0.25, -0.2) is 0 Å². The average Bonchev–Trinajstić information content (AvgIpc) is 2.62. The van der Waals surface area contributed by atoms with E-state index in [1.165, 1.54) is 11.3 Å². The number of rotatable bonds is 5. The van der Waals surface area contributed by atoms with Crippen molar-refractivity contribution >= 4 is 49.1 Å². The lowest BCUT2D eigenvalue weighted by molar-refractivity contribution is 0.0948. The van der Waals surface area contributed by atoms with E-state index in [4.69, 9.17) is 0 Å². The third kappa shape index (κ3) is 4.66. The third-order valence-corrected chi connectivity index (χ3v) is 4.00. The van der Waals surface area contributed by atoms with Crippen LogP contribution < -0.4 is 5.32 Å². The SMILES string of the molecule is CC(CCBr)CNC(=O)c1csc(Br)c1. The van der Waals surface area contributed by atoms with Gasteiger partial charge in [-0.1, -0.05) is 22.9 Å². The number of nitrogens with one attached hydrogen (secondary N) is 1. The second-order valence-electron chi connectivity index (χ2n) is 3.43. The molecule has 1 rings (SSSR count). The van der Waals surface area contributed by atoms with Crippen LogP contribution in [0.2, 0.25) is 0 Å². The first-order chi connectivity index (χ1) is 7.13. The van der Waals surface area contributed by atoms with Gasteiger partial charge in [0.05, 0.1) is 9.35 Å². The van der Waals surface area contributed by atoms with Gasteiger partial charge < -0.3 is 5.32 Å². The maximum Gasteiger partial charge on any atom is 0.252 e. The summed E-state index contributed by atoms with van der Waals surface area (Å²) >= 11 is 8.25. The van der Waals surface area contributed by atoms with Crippen LogP contribution >= 0.6 is 43.2 Å².